The van der Waals surface area contributed by atoms with Gasteiger partial charge in [-0.05, 0) is 23.6 Å². The maximum absolute atomic E-state index is 11.1. The van der Waals surface area contributed by atoms with Gasteiger partial charge >= 0.3 is 0 Å². The summed E-state index contributed by atoms with van der Waals surface area (Å²) in [7, 11) is -3.50. The van der Waals surface area contributed by atoms with Gasteiger partial charge in [-0.2, -0.15) is 0 Å². The number of rotatable bonds is 6. The molecule has 124 valence electrons. The first-order valence-electron chi connectivity index (χ1n) is 7.39. The fourth-order valence-corrected chi connectivity index (χ4v) is 3.04. The summed E-state index contributed by atoms with van der Waals surface area (Å²) in [6, 6.07) is 9.18. The lowest BCUT2D eigenvalue weighted by molar-refractivity contribution is 0.597. The Morgan fingerprint density at radius 2 is 1.62 bits per heavy atom. The molecule has 1 aromatic carbocycles. The van der Waals surface area contributed by atoms with Gasteiger partial charge in [0.1, 0.15) is 5.52 Å². The first-order valence-corrected chi connectivity index (χ1v) is 9.11. The van der Waals surface area contributed by atoms with Crippen LogP contribution in [0.4, 0.5) is 5.82 Å². The number of nitrogens with zero attached hydrogens (tertiary/aromatic N) is 3. The van der Waals surface area contributed by atoms with E-state index in [4.69, 9.17) is 5.14 Å². The third-order valence-corrected chi connectivity index (χ3v) is 4.22. The monoisotopic (exact) mass is 343 g/mol. The molecule has 24 heavy (non-hydrogen) atoms. The minimum absolute atomic E-state index is 0.149. The summed E-state index contributed by atoms with van der Waals surface area (Å²) in [5.74, 6) is 0.552. The first-order chi connectivity index (χ1) is 11.5. The molecule has 3 N–H and O–H groups in total. The zero-order valence-corrected chi connectivity index (χ0v) is 13.7. The van der Waals surface area contributed by atoms with E-state index >= 15 is 0 Å². The second kappa shape index (κ2) is 6.90. The average molecular weight is 343 g/mol. The summed E-state index contributed by atoms with van der Waals surface area (Å²) in [6.45, 7) is 0.678. The molecular weight excluding hydrogens is 326 g/mol. The zero-order chi connectivity index (χ0) is 17.0. The Labute approximate surface area is 140 Å². The lowest BCUT2D eigenvalue weighted by Crippen LogP contribution is -2.14. The number of nitrogens with one attached hydrogen (secondary N) is 1. The van der Waals surface area contributed by atoms with Gasteiger partial charge in [0.15, 0.2) is 5.82 Å². The highest BCUT2D eigenvalue weighted by Crippen LogP contribution is 2.16. The summed E-state index contributed by atoms with van der Waals surface area (Å²) in [5.41, 5.74) is 3.30. The van der Waals surface area contributed by atoms with Gasteiger partial charge in [-0.15, -0.1) is 0 Å². The largest absolute Gasteiger partial charge is 0.368 e. The first kappa shape index (κ1) is 16.3. The fraction of sp³-hybridized carbons (Fsp3) is 0.188. The van der Waals surface area contributed by atoms with Crippen LogP contribution in [-0.4, -0.2) is 29.9 Å². The van der Waals surface area contributed by atoms with E-state index in [0.717, 1.165) is 23.0 Å². The third-order valence-electron chi connectivity index (χ3n) is 3.48. The predicted octanol–water partition coefficient (Wildman–Crippen LogP) is 1.47. The van der Waals surface area contributed by atoms with Crippen molar-refractivity contribution in [2.24, 2.45) is 5.14 Å². The smallest absolute Gasteiger partial charge is 0.213 e. The van der Waals surface area contributed by atoms with Crippen molar-refractivity contribution in [3.63, 3.8) is 0 Å². The molecule has 0 unspecified atom stereocenters. The second-order valence-electron chi connectivity index (χ2n) is 5.38. The maximum atomic E-state index is 11.1. The van der Waals surface area contributed by atoms with E-state index in [1.54, 1.807) is 30.7 Å². The molecule has 0 aliphatic rings. The SMILES string of the molecule is NS(=O)(=O)Cc1ccc(CCNc2nccc3nccnc23)cc1. The Morgan fingerprint density at radius 3 is 2.38 bits per heavy atom. The highest BCUT2D eigenvalue weighted by molar-refractivity contribution is 7.88. The van der Waals surface area contributed by atoms with E-state index in [0.29, 0.717) is 17.9 Å². The molecule has 0 aliphatic carbocycles. The number of aromatic nitrogens is 3. The van der Waals surface area contributed by atoms with Crippen molar-refractivity contribution in [3.05, 3.63) is 60.0 Å². The van der Waals surface area contributed by atoms with Gasteiger partial charge < -0.3 is 5.32 Å². The molecule has 7 nitrogen and oxygen atoms in total. The molecule has 8 heteroatoms. The number of nitrogens with two attached hydrogens (primary N) is 1. The Bertz CT molecular complexity index is 937. The Kier molecular flexibility index (Phi) is 4.68. The molecule has 3 aromatic rings. The molecule has 0 bridgehead atoms. The van der Waals surface area contributed by atoms with Crippen LogP contribution >= 0.6 is 0 Å². The number of sulfonamides is 1. The van der Waals surface area contributed by atoms with Gasteiger partial charge in [0.25, 0.3) is 0 Å². The highest BCUT2D eigenvalue weighted by atomic mass is 32.2. The lowest BCUT2D eigenvalue weighted by Gasteiger charge is -2.08. The van der Waals surface area contributed by atoms with Crippen LogP contribution in [0.25, 0.3) is 11.0 Å². The van der Waals surface area contributed by atoms with E-state index in [9.17, 15) is 8.42 Å². The maximum Gasteiger partial charge on any atom is 0.213 e. The summed E-state index contributed by atoms with van der Waals surface area (Å²) < 4.78 is 22.1. The van der Waals surface area contributed by atoms with Crippen molar-refractivity contribution in [2.75, 3.05) is 11.9 Å². The van der Waals surface area contributed by atoms with Crippen LogP contribution in [0.2, 0.25) is 0 Å². The van der Waals surface area contributed by atoms with Crippen LogP contribution in [0.3, 0.4) is 0 Å². The quantitative estimate of drug-likeness (QED) is 0.701. The molecule has 0 radical (unpaired) electrons. The van der Waals surface area contributed by atoms with Crippen LogP contribution in [0.15, 0.2) is 48.9 Å². The number of primary sulfonamides is 1. The Hall–Kier alpha value is -2.58. The van der Waals surface area contributed by atoms with E-state index in [2.05, 4.69) is 20.3 Å². The van der Waals surface area contributed by atoms with E-state index < -0.39 is 10.0 Å². The number of hydrogen-bond acceptors (Lipinski definition) is 6. The second-order valence-corrected chi connectivity index (χ2v) is 7.00. The Balaban J connectivity index is 1.62. The molecule has 0 saturated carbocycles. The van der Waals surface area contributed by atoms with Gasteiger partial charge in [0.05, 0.1) is 11.3 Å². The molecule has 2 heterocycles. The van der Waals surface area contributed by atoms with Gasteiger partial charge in [0.2, 0.25) is 10.0 Å². The number of benzene rings is 1. The molecule has 0 atom stereocenters. The minimum Gasteiger partial charge on any atom is -0.368 e. The molecule has 0 amide bonds. The molecule has 0 fully saturated rings. The van der Waals surface area contributed by atoms with Crippen LogP contribution in [-0.2, 0) is 22.2 Å². The third kappa shape index (κ3) is 4.24. The van der Waals surface area contributed by atoms with Gasteiger partial charge in [-0.1, -0.05) is 24.3 Å². The molecule has 0 saturated heterocycles. The number of hydrogen-bond donors (Lipinski definition) is 2. The van der Waals surface area contributed by atoms with Crippen molar-refractivity contribution in [1.29, 1.82) is 0 Å². The van der Waals surface area contributed by atoms with Crippen LogP contribution in [0, 0.1) is 0 Å². The van der Waals surface area contributed by atoms with E-state index in [1.807, 2.05) is 18.2 Å². The molecule has 0 spiro atoms. The van der Waals surface area contributed by atoms with Gasteiger partial charge in [-0.25, -0.2) is 23.5 Å². The fourth-order valence-electron chi connectivity index (χ4n) is 2.39. The standard InChI is InChI=1S/C16H17N5O2S/c17-24(22,23)11-13-3-1-12(2-4-13)5-7-20-16-15-14(6-8-21-16)18-9-10-19-15/h1-4,6,8-10H,5,7,11H2,(H,20,21)(H2,17,22,23). The van der Waals surface area contributed by atoms with E-state index in [1.165, 1.54) is 0 Å². The lowest BCUT2D eigenvalue weighted by atomic mass is 10.1. The van der Waals surface area contributed by atoms with Crippen molar-refractivity contribution in [2.45, 2.75) is 12.2 Å². The van der Waals surface area contributed by atoms with E-state index in [-0.39, 0.29) is 5.75 Å². The number of pyridine rings is 1. The van der Waals surface area contributed by atoms with Crippen LogP contribution in [0.1, 0.15) is 11.1 Å². The van der Waals surface area contributed by atoms with Crippen molar-refractivity contribution >= 4 is 26.9 Å². The summed E-state index contributed by atoms with van der Waals surface area (Å²) in [4.78, 5) is 12.8. The summed E-state index contributed by atoms with van der Waals surface area (Å²) >= 11 is 0. The minimum atomic E-state index is -3.50. The Morgan fingerprint density at radius 1 is 0.917 bits per heavy atom. The summed E-state index contributed by atoms with van der Waals surface area (Å²) in [6.07, 6.45) is 5.75. The molecule has 0 aliphatic heterocycles. The highest BCUT2D eigenvalue weighted by Gasteiger charge is 2.06. The topological polar surface area (TPSA) is 111 Å². The number of fused-ring (bicyclic) bond motifs is 1. The molecule has 2 aromatic heterocycles. The number of anilines is 1. The normalized spacial score (nSPS) is 11.5. The van der Waals surface area contributed by atoms with Gasteiger partial charge in [-0.3, -0.25) is 4.98 Å². The van der Waals surface area contributed by atoms with Crippen molar-refractivity contribution in [3.8, 4) is 0 Å². The van der Waals surface area contributed by atoms with Crippen LogP contribution in [0.5, 0.6) is 0 Å². The average Bonchev–Trinajstić information content (AvgIpc) is 2.55. The van der Waals surface area contributed by atoms with Gasteiger partial charge in [0, 0.05) is 25.1 Å². The molecule has 3 rings (SSSR count). The summed E-state index contributed by atoms with van der Waals surface area (Å²) in [5, 5.41) is 8.30. The molecular formula is C16H17N5O2S. The predicted molar refractivity (Wildman–Crippen MR) is 92.8 cm³/mol. The zero-order valence-electron chi connectivity index (χ0n) is 12.9. The van der Waals surface area contributed by atoms with Crippen LogP contribution < -0.4 is 10.5 Å². The van der Waals surface area contributed by atoms with Crippen molar-refractivity contribution in [1.82, 2.24) is 15.0 Å². The van der Waals surface area contributed by atoms with Crippen molar-refractivity contribution < 1.29 is 8.42 Å².